The van der Waals surface area contributed by atoms with Crippen LogP contribution in [0.4, 0.5) is 0 Å². The second-order valence-corrected chi connectivity index (χ2v) is 8.31. The Balaban J connectivity index is 1.21. The van der Waals surface area contributed by atoms with Crippen molar-refractivity contribution in [2.24, 2.45) is 0 Å². The standard InChI is InChI=1S/C22H21N5OS/c28-22(19-15-24-27-10-4-9-23-21(19)27)26-13-11-25(12-14-26)16-18-7-8-20(29-18)17-5-2-1-3-6-17/h1-10,15H,11-14,16H2. The van der Waals surface area contributed by atoms with Gasteiger partial charge in [0.25, 0.3) is 5.91 Å². The normalized spacial score (nSPS) is 15.1. The maximum atomic E-state index is 12.9. The van der Waals surface area contributed by atoms with E-state index in [1.54, 1.807) is 23.0 Å². The van der Waals surface area contributed by atoms with Gasteiger partial charge in [-0.25, -0.2) is 9.50 Å². The van der Waals surface area contributed by atoms with Crippen molar-refractivity contribution >= 4 is 22.9 Å². The number of hydrogen-bond acceptors (Lipinski definition) is 5. The molecular weight excluding hydrogens is 382 g/mol. The Morgan fingerprint density at radius 1 is 1.00 bits per heavy atom. The lowest BCUT2D eigenvalue weighted by atomic mass is 10.2. The van der Waals surface area contributed by atoms with Gasteiger partial charge in [-0.3, -0.25) is 9.69 Å². The second-order valence-electron chi connectivity index (χ2n) is 7.15. The zero-order valence-corrected chi connectivity index (χ0v) is 16.8. The molecule has 0 unspecified atom stereocenters. The van der Waals surface area contributed by atoms with Crippen LogP contribution in [0.2, 0.25) is 0 Å². The first-order valence-electron chi connectivity index (χ1n) is 9.72. The molecule has 29 heavy (non-hydrogen) atoms. The molecule has 1 aromatic carbocycles. The first-order chi connectivity index (χ1) is 14.3. The van der Waals surface area contributed by atoms with Gasteiger partial charge in [-0.05, 0) is 23.8 Å². The van der Waals surface area contributed by atoms with Gasteiger partial charge in [-0.2, -0.15) is 5.10 Å². The molecule has 1 saturated heterocycles. The monoisotopic (exact) mass is 403 g/mol. The highest BCUT2D eigenvalue weighted by Gasteiger charge is 2.25. The molecule has 0 radical (unpaired) electrons. The van der Waals surface area contributed by atoms with Crippen LogP contribution in [-0.2, 0) is 6.54 Å². The number of rotatable bonds is 4. The van der Waals surface area contributed by atoms with Gasteiger partial charge in [0.15, 0.2) is 5.65 Å². The van der Waals surface area contributed by atoms with Gasteiger partial charge < -0.3 is 4.90 Å². The van der Waals surface area contributed by atoms with Crippen molar-refractivity contribution in [1.82, 2.24) is 24.4 Å². The van der Waals surface area contributed by atoms with Crippen LogP contribution in [0.3, 0.4) is 0 Å². The average molecular weight is 404 g/mol. The largest absolute Gasteiger partial charge is 0.336 e. The second kappa shape index (κ2) is 7.77. The zero-order chi connectivity index (χ0) is 19.6. The minimum atomic E-state index is 0.0147. The smallest absolute Gasteiger partial charge is 0.259 e. The highest BCUT2D eigenvalue weighted by atomic mass is 32.1. The molecule has 1 amide bonds. The Kier molecular flexibility index (Phi) is 4.83. The van der Waals surface area contributed by atoms with Crippen LogP contribution in [0.15, 0.2) is 67.1 Å². The lowest BCUT2D eigenvalue weighted by molar-refractivity contribution is 0.0631. The Bertz CT molecular complexity index is 1130. The van der Waals surface area contributed by atoms with E-state index in [1.165, 1.54) is 15.3 Å². The van der Waals surface area contributed by atoms with E-state index < -0.39 is 0 Å². The number of benzene rings is 1. The molecule has 0 aliphatic carbocycles. The van der Waals surface area contributed by atoms with Crippen molar-refractivity contribution in [2.45, 2.75) is 6.54 Å². The quantitative estimate of drug-likeness (QED) is 0.524. The average Bonchev–Trinajstić information content (AvgIpc) is 3.42. The number of aromatic nitrogens is 3. The summed E-state index contributed by atoms with van der Waals surface area (Å²) >= 11 is 1.84. The highest BCUT2D eigenvalue weighted by Crippen LogP contribution is 2.28. The third-order valence-corrected chi connectivity index (χ3v) is 6.39. The summed E-state index contributed by atoms with van der Waals surface area (Å²) in [5.41, 5.74) is 2.46. The molecule has 0 spiro atoms. The van der Waals surface area contributed by atoms with Crippen molar-refractivity contribution in [3.63, 3.8) is 0 Å². The van der Waals surface area contributed by atoms with Crippen molar-refractivity contribution in [3.8, 4) is 10.4 Å². The number of carbonyl (C=O) groups is 1. The summed E-state index contributed by atoms with van der Waals surface area (Å²) in [5, 5.41) is 4.23. The maximum absolute atomic E-state index is 12.9. The fraction of sp³-hybridized carbons (Fsp3) is 0.227. The molecule has 7 heteroatoms. The van der Waals surface area contributed by atoms with E-state index in [0.29, 0.717) is 11.2 Å². The van der Waals surface area contributed by atoms with Crippen molar-refractivity contribution in [3.05, 3.63) is 77.6 Å². The van der Waals surface area contributed by atoms with Gasteiger partial charge in [0.05, 0.1) is 6.20 Å². The lowest BCUT2D eigenvalue weighted by Gasteiger charge is -2.34. The van der Waals surface area contributed by atoms with E-state index in [-0.39, 0.29) is 5.91 Å². The third-order valence-electron chi connectivity index (χ3n) is 5.27. The van der Waals surface area contributed by atoms with Gasteiger partial charge in [-0.1, -0.05) is 30.3 Å². The first-order valence-corrected chi connectivity index (χ1v) is 10.5. The molecule has 6 nitrogen and oxygen atoms in total. The minimum absolute atomic E-state index is 0.0147. The molecule has 3 aromatic heterocycles. The summed E-state index contributed by atoms with van der Waals surface area (Å²) in [5.74, 6) is 0.0147. The van der Waals surface area contributed by atoms with Crippen LogP contribution in [0.1, 0.15) is 15.2 Å². The predicted octanol–water partition coefficient (Wildman–Crippen LogP) is 3.42. The Labute approximate surface area is 173 Å². The number of fused-ring (bicyclic) bond motifs is 1. The van der Waals surface area contributed by atoms with E-state index in [4.69, 9.17) is 0 Å². The third kappa shape index (κ3) is 3.66. The summed E-state index contributed by atoms with van der Waals surface area (Å²) in [6, 6.07) is 16.7. The fourth-order valence-corrected chi connectivity index (χ4v) is 4.75. The summed E-state index contributed by atoms with van der Waals surface area (Å²) in [6.07, 6.45) is 5.12. The zero-order valence-electron chi connectivity index (χ0n) is 15.9. The summed E-state index contributed by atoms with van der Waals surface area (Å²) in [7, 11) is 0. The van der Waals surface area contributed by atoms with Crippen molar-refractivity contribution < 1.29 is 4.79 Å². The molecule has 4 heterocycles. The minimum Gasteiger partial charge on any atom is -0.336 e. The molecule has 5 rings (SSSR count). The van der Waals surface area contributed by atoms with Crippen LogP contribution < -0.4 is 0 Å². The predicted molar refractivity (Wildman–Crippen MR) is 114 cm³/mol. The molecule has 1 aliphatic heterocycles. The fourth-order valence-electron chi connectivity index (χ4n) is 3.70. The van der Waals surface area contributed by atoms with Gasteiger partial charge in [-0.15, -0.1) is 11.3 Å². The Morgan fingerprint density at radius 3 is 2.66 bits per heavy atom. The summed E-state index contributed by atoms with van der Waals surface area (Å²) in [6.45, 7) is 4.12. The topological polar surface area (TPSA) is 53.7 Å². The van der Waals surface area contributed by atoms with Gasteiger partial charge in [0.1, 0.15) is 5.56 Å². The number of thiophene rings is 1. The van der Waals surface area contributed by atoms with Gasteiger partial charge >= 0.3 is 0 Å². The number of piperazine rings is 1. The molecule has 1 fully saturated rings. The highest BCUT2D eigenvalue weighted by molar-refractivity contribution is 7.15. The molecule has 0 atom stereocenters. The number of amides is 1. The van der Waals surface area contributed by atoms with E-state index in [0.717, 1.165) is 32.7 Å². The molecule has 0 bridgehead atoms. The van der Waals surface area contributed by atoms with Crippen molar-refractivity contribution in [1.29, 1.82) is 0 Å². The maximum Gasteiger partial charge on any atom is 0.259 e. The molecular formula is C22H21N5OS. The van der Waals surface area contributed by atoms with Crippen LogP contribution >= 0.6 is 11.3 Å². The van der Waals surface area contributed by atoms with E-state index >= 15 is 0 Å². The summed E-state index contributed by atoms with van der Waals surface area (Å²) < 4.78 is 1.64. The number of carbonyl (C=O) groups excluding carboxylic acids is 1. The van der Waals surface area contributed by atoms with Crippen LogP contribution in [0.25, 0.3) is 16.1 Å². The van der Waals surface area contributed by atoms with E-state index in [2.05, 4.69) is 51.4 Å². The molecule has 146 valence electrons. The van der Waals surface area contributed by atoms with Crippen LogP contribution in [0, 0.1) is 0 Å². The molecule has 1 aliphatic rings. The van der Waals surface area contributed by atoms with E-state index in [9.17, 15) is 4.79 Å². The van der Waals surface area contributed by atoms with Crippen LogP contribution in [0.5, 0.6) is 0 Å². The van der Waals surface area contributed by atoms with E-state index in [1.807, 2.05) is 28.5 Å². The summed E-state index contributed by atoms with van der Waals surface area (Å²) in [4.78, 5) is 24.2. The molecule has 0 N–H and O–H groups in total. The number of hydrogen-bond donors (Lipinski definition) is 0. The first kappa shape index (κ1) is 18.0. The Hall–Kier alpha value is -3.03. The molecule has 0 saturated carbocycles. The van der Waals surface area contributed by atoms with Gasteiger partial charge in [0, 0.05) is 54.9 Å². The number of nitrogens with zero attached hydrogens (tertiary/aromatic N) is 5. The van der Waals surface area contributed by atoms with Gasteiger partial charge in [0.2, 0.25) is 0 Å². The molecule has 4 aromatic rings. The Morgan fingerprint density at radius 2 is 1.83 bits per heavy atom. The van der Waals surface area contributed by atoms with Crippen molar-refractivity contribution in [2.75, 3.05) is 26.2 Å². The lowest BCUT2D eigenvalue weighted by Crippen LogP contribution is -2.48. The van der Waals surface area contributed by atoms with Crippen LogP contribution in [-0.4, -0.2) is 56.5 Å². The SMILES string of the molecule is O=C(c1cnn2cccnc12)N1CCN(Cc2ccc(-c3ccccc3)s2)CC1.